The second kappa shape index (κ2) is 4.93. The fourth-order valence-electron chi connectivity index (χ4n) is 0.789. The molecular formula is C7H13BrO2S. The topological polar surface area (TPSA) is 34.1 Å². The molecule has 0 spiro atoms. The van der Waals surface area contributed by atoms with Crippen LogP contribution >= 0.6 is 15.9 Å². The summed E-state index contributed by atoms with van der Waals surface area (Å²) in [6.45, 7) is 3.78. The van der Waals surface area contributed by atoms with Gasteiger partial charge in [0.25, 0.3) is 0 Å². The molecule has 0 rings (SSSR count). The van der Waals surface area contributed by atoms with Crippen LogP contribution < -0.4 is 0 Å². The summed E-state index contributed by atoms with van der Waals surface area (Å²) in [6.07, 6.45) is 3.12. The summed E-state index contributed by atoms with van der Waals surface area (Å²) in [7, 11) is -2.99. The van der Waals surface area contributed by atoms with Crippen LogP contribution in [0.1, 0.15) is 26.7 Å². The van der Waals surface area contributed by atoms with Crippen molar-refractivity contribution in [2.24, 2.45) is 0 Å². The third-order valence-electron chi connectivity index (χ3n) is 1.32. The Morgan fingerprint density at radius 1 is 1.45 bits per heavy atom. The van der Waals surface area contributed by atoms with Crippen LogP contribution in [0.25, 0.3) is 0 Å². The monoisotopic (exact) mass is 240 g/mol. The number of hydrogen-bond donors (Lipinski definition) is 0. The SMILES string of the molecule is CC/C=C(/CC)S(=O)(=O)CBr. The molecule has 0 amide bonds. The number of hydrogen-bond acceptors (Lipinski definition) is 2. The lowest BCUT2D eigenvalue weighted by atomic mass is 10.3. The molecule has 0 N–H and O–H groups in total. The van der Waals surface area contributed by atoms with Crippen LogP contribution in [0, 0.1) is 0 Å². The lowest BCUT2D eigenvalue weighted by Crippen LogP contribution is -2.03. The van der Waals surface area contributed by atoms with Crippen LogP contribution in [-0.2, 0) is 9.84 Å². The Hall–Kier alpha value is 0.170. The third kappa shape index (κ3) is 3.38. The average molecular weight is 241 g/mol. The summed E-state index contributed by atoms with van der Waals surface area (Å²) in [5.74, 6) is 0. The first-order chi connectivity index (χ1) is 5.08. The highest BCUT2D eigenvalue weighted by Crippen LogP contribution is 2.14. The van der Waals surface area contributed by atoms with Gasteiger partial charge < -0.3 is 0 Å². The summed E-state index contributed by atoms with van der Waals surface area (Å²) in [4.78, 5) is 0.539. The predicted molar refractivity (Wildman–Crippen MR) is 51.4 cm³/mol. The summed E-state index contributed by atoms with van der Waals surface area (Å²) in [6, 6.07) is 0. The zero-order valence-corrected chi connectivity index (χ0v) is 9.20. The van der Waals surface area contributed by atoms with Crippen molar-refractivity contribution < 1.29 is 8.42 Å². The molecular weight excluding hydrogens is 228 g/mol. The molecule has 0 bridgehead atoms. The van der Waals surface area contributed by atoms with Crippen molar-refractivity contribution in [2.75, 3.05) is 4.66 Å². The average Bonchev–Trinajstić information content (AvgIpc) is 2.00. The molecule has 0 radical (unpaired) electrons. The Morgan fingerprint density at radius 3 is 2.27 bits per heavy atom. The van der Waals surface area contributed by atoms with E-state index in [1.807, 2.05) is 13.8 Å². The van der Waals surface area contributed by atoms with Gasteiger partial charge in [0.05, 0.1) is 0 Å². The van der Waals surface area contributed by atoms with Gasteiger partial charge in [-0.1, -0.05) is 35.9 Å². The van der Waals surface area contributed by atoms with Gasteiger partial charge >= 0.3 is 0 Å². The molecule has 0 atom stereocenters. The van der Waals surface area contributed by atoms with E-state index in [0.29, 0.717) is 11.3 Å². The summed E-state index contributed by atoms with van der Waals surface area (Å²) >= 11 is 2.95. The van der Waals surface area contributed by atoms with Gasteiger partial charge in [0.15, 0.2) is 9.84 Å². The van der Waals surface area contributed by atoms with Gasteiger partial charge in [-0.05, 0) is 12.8 Å². The van der Waals surface area contributed by atoms with Gasteiger partial charge in [-0.2, -0.15) is 0 Å². The van der Waals surface area contributed by atoms with E-state index in [1.54, 1.807) is 6.08 Å². The van der Waals surface area contributed by atoms with Gasteiger partial charge in [-0.25, -0.2) is 8.42 Å². The van der Waals surface area contributed by atoms with Crippen molar-refractivity contribution in [3.63, 3.8) is 0 Å². The summed E-state index contributed by atoms with van der Waals surface area (Å²) < 4.78 is 22.4. The number of halogens is 1. The predicted octanol–water partition coefficient (Wildman–Crippen LogP) is 2.46. The second-order valence-electron chi connectivity index (χ2n) is 2.16. The highest BCUT2D eigenvalue weighted by molar-refractivity contribution is 9.10. The number of allylic oxidation sites excluding steroid dienone is 2. The maximum Gasteiger partial charge on any atom is 0.184 e. The molecule has 0 unspecified atom stereocenters. The number of rotatable bonds is 4. The Balaban J connectivity index is 4.66. The second-order valence-corrected chi connectivity index (χ2v) is 5.50. The van der Waals surface area contributed by atoms with Gasteiger partial charge in [0, 0.05) is 4.91 Å². The van der Waals surface area contributed by atoms with Crippen molar-refractivity contribution in [2.45, 2.75) is 26.7 Å². The van der Waals surface area contributed by atoms with E-state index in [1.165, 1.54) is 0 Å². The Bertz CT molecular complexity index is 229. The van der Waals surface area contributed by atoms with Gasteiger partial charge in [0.1, 0.15) is 4.66 Å². The molecule has 11 heavy (non-hydrogen) atoms. The Kier molecular flexibility index (Phi) is 5.01. The van der Waals surface area contributed by atoms with E-state index in [2.05, 4.69) is 15.9 Å². The van der Waals surface area contributed by atoms with Crippen molar-refractivity contribution in [3.8, 4) is 0 Å². The van der Waals surface area contributed by atoms with Gasteiger partial charge in [-0.3, -0.25) is 0 Å². The fraction of sp³-hybridized carbons (Fsp3) is 0.714. The molecule has 0 saturated heterocycles. The smallest absolute Gasteiger partial charge is 0.184 e. The zero-order chi connectivity index (χ0) is 8.91. The van der Waals surface area contributed by atoms with Crippen molar-refractivity contribution in [1.82, 2.24) is 0 Å². The first kappa shape index (κ1) is 11.2. The lowest BCUT2D eigenvalue weighted by molar-refractivity contribution is 0.605. The van der Waals surface area contributed by atoms with E-state index in [0.717, 1.165) is 6.42 Å². The van der Waals surface area contributed by atoms with Crippen LogP contribution in [0.3, 0.4) is 0 Å². The van der Waals surface area contributed by atoms with Crippen molar-refractivity contribution >= 4 is 25.8 Å². The third-order valence-corrected chi connectivity index (χ3v) is 4.67. The zero-order valence-electron chi connectivity index (χ0n) is 6.80. The molecule has 66 valence electrons. The first-order valence-corrected chi connectivity index (χ1v) is 6.33. The summed E-state index contributed by atoms with van der Waals surface area (Å²) in [5.41, 5.74) is 0. The van der Waals surface area contributed by atoms with Crippen LogP contribution in [0.4, 0.5) is 0 Å². The van der Waals surface area contributed by atoms with Crippen molar-refractivity contribution in [3.05, 3.63) is 11.0 Å². The van der Waals surface area contributed by atoms with Crippen LogP contribution in [0.5, 0.6) is 0 Å². The highest BCUT2D eigenvalue weighted by Gasteiger charge is 2.12. The largest absolute Gasteiger partial charge is 0.223 e. The Morgan fingerprint density at radius 2 is 2.00 bits per heavy atom. The maximum atomic E-state index is 11.2. The van der Waals surface area contributed by atoms with E-state index >= 15 is 0 Å². The number of sulfone groups is 1. The molecule has 2 nitrogen and oxygen atoms in total. The van der Waals surface area contributed by atoms with E-state index in [9.17, 15) is 8.42 Å². The van der Waals surface area contributed by atoms with Crippen LogP contribution in [0.15, 0.2) is 11.0 Å². The van der Waals surface area contributed by atoms with Crippen molar-refractivity contribution in [1.29, 1.82) is 0 Å². The molecule has 0 aliphatic heterocycles. The normalized spacial score (nSPS) is 13.5. The van der Waals surface area contributed by atoms with Gasteiger partial charge in [0.2, 0.25) is 0 Å². The molecule has 0 aliphatic rings. The van der Waals surface area contributed by atoms with E-state index < -0.39 is 9.84 Å². The fourth-order valence-corrected chi connectivity index (χ4v) is 2.67. The highest BCUT2D eigenvalue weighted by atomic mass is 79.9. The minimum absolute atomic E-state index is 0.0275. The number of alkyl halides is 1. The summed E-state index contributed by atoms with van der Waals surface area (Å²) in [5, 5.41) is 0. The lowest BCUT2D eigenvalue weighted by Gasteiger charge is -2.01. The minimum Gasteiger partial charge on any atom is -0.223 e. The molecule has 0 aliphatic carbocycles. The molecule has 0 fully saturated rings. The standard InChI is InChI=1S/C7H13BrO2S/c1-3-5-7(4-2)11(9,10)6-8/h5H,3-4,6H2,1-2H3/b7-5-. The van der Waals surface area contributed by atoms with Crippen LogP contribution in [-0.4, -0.2) is 13.1 Å². The molecule has 0 saturated carbocycles. The maximum absolute atomic E-state index is 11.2. The molecule has 0 aromatic carbocycles. The minimum atomic E-state index is -2.99. The molecule has 0 aromatic rings. The van der Waals surface area contributed by atoms with E-state index in [-0.39, 0.29) is 4.66 Å². The molecule has 0 heterocycles. The first-order valence-electron chi connectivity index (χ1n) is 3.56. The molecule has 0 aromatic heterocycles. The Labute approximate surface area is 76.7 Å². The molecule has 4 heteroatoms. The van der Waals surface area contributed by atoms with Gasteiger partial charge in [-0.15, -0.1) is 0 Å². The van der Waals surface area contributed by atoms with E-state index in [4.69, 9.17) is 0 Å². The quantitative estimate of drug-likeness (QED) is 0.708. The van der Waals surface area contributed by atoms with Crippen LogP contribution in [0.2, 0.25) is 0 Å².